The minimum atomic E-state index is -0.358. The fraction of sp³-hybridized carbons (Fsp3) is 0.474. The number of hydrogen-bond acceptors (Lipinski definition) is 5. The maximum absolute atomic E-state index is 12.4. The molecule has 6 heteroatoms. The maximum Gasteiger partial charge on any atom is 0.411 e. The van der Waals surface area contributed by atoms with Gasteiger partial charge in [0.15, 0.2) is 0 Å². The van der Waals surface area contributed by atoms with E-state index in [0.29, 0.717) is 12.4 Å². The zero-order valence-corrected chi connectivity index (χ0v) is 15.1. The molecule has 3 saturated heterocycles. The van der Waals surface area contributed by atoms with E-state index in [1.54, 1.807) is 11.8 Å². The van der Waals surface area contributed by atoms with Gasteiger partial charge in [-0.05, 0) is 38.9 Å². The number of hydrogen-bond donors (Lipinski definition) is 1. The van der Waals surface area contributed by atoms with Crippen molar-refractivity contribution in [3.8, 4) is 0 Å². The Bertz CT molecular complexity index is 680. The molecular formula is C19H23N3O2S. The molecule has 5 rings (SSSR count). The van der Waals surface area contributed by atoms with Gasteiger partial charge in [-0.15, -0.1) is 11.8 Å². The summed E-state index contributed by atoms with van der Waals surface area (Å²) in [7, 11) is 0. The Labute approximate surface area is 152 Å². The van der Waals surface area contributed by atoms with E-state index in [0.717, 1.165) is 55.9 Å². The lowest BCUT2D eigenvalue weighted by molar-refractivity contribution is -0.0210. The van der Waals surface area contributed by atoms with E-state index in [2.05, 4.69) is 15.2 Å². The smallest absolute Gasteiger partial charge is 0.411 e. The van der Waals surface area contributed by atoms with Crippen LogP contribution in [0.2, 0.25) is 0 Å². The number of benzene rings is 1. The quantitative estimate of drug-likeness (QED) is 0.898. The van der Waals surface area contributed by atoms with Gasteiger partial charge in [0.25, 0.3) is 0 Å². The first-order chi connectivity index (χ1) is 12.2. The number of rotatable bonds is 4. The summed E-state index contributed by atoms with van der Waals surface area (Å²) in [6.07, 6.45) is 3.05. The molecule has 1 N–H and O–H groups in total. The van der Waals surface area contributed by atoms with Crippen LogP contribution in [-0.2, 0) is 4.74 Å². The van der Waals surface area contributed by atoms with E-state index in [1.807, 2.05) is 35.9 Å². The highest BCUT2D eigenvalue weighted by molar-refractivity contribution is 8.12. The first kappa shape index (κ1) is 16.7. The first-order valence-electron chi connectivity index (χ1n) is 8.83. The number of thioether (sulfide) groups is 1. The highest BCUT2D eigenvalue weighted by Gasteiger charge is 2.40. The van der Waals surface area contributed by atoms with Gasteiger partial charge in [0.05, 0.1) is 23.5 Å². The van der Waals surface area contributed by atoms with Crippen LogP contribution >= 0.6 is 11.8 Å². The number of alkyl carbamates (subject to hydrolysis) is 1. The highest BCUT2D eigenvalue weighted by Crippen LogP contribution is 2.40. The Kier molecular flexibility index (Phi) is 4.81. The minimum Gasteiger partial charge on any atom is -0.449 e. The topological polar surface area (TPSA) is 53.9 Å². The van der Waals surface area contributed by atoms with Gasteiger partial charge in [-0.25, -0.2) is 9.79 Å². The van der Waals surface area contributed by atoms with Crippen LogP contribution < -0.4 is 5.32 Å². The Morgan fingerprint density at radius 3 is 2.64 bits per heavy atom. The van der Waals surface area contributed by atoms with Gasteiger partial charge in [0.1, 0.15) is 0 Å². The first-order valence-corrected chi connectivity index (χ1v) is 9.88. The molecule has 0 atom stereocenters. The van der Waals surface area contributed by atoms with Crippen LogP contribution in [0.3, 0.4) is 0 Å². The third kappa shape index (κ3) is 3.75. The zero-order valence-electron chi connectivity index (χ0n) is 14.2. The fourth-order valence-corrected chi connectivity index (χ4v) is 4.42. The predicted octanol–water partition coefficient (Wildman–Crippen LogP) is 3.34. The summed E-state index contributed by atoms with van der Waals surface area (Å²) < 4.78 is 5.62. The molecule has 132 valence electrons. The zero-order chi connectivity index (χ0) is 17.1. The molecule has 0 radical (unpaired) electrons. The minimum absolute atomic E-state index is 0.197. The summed E-state index contributed by atoms with van der Waals surface area (Å²) in [4.78, 5) is 19.3. The molecule has 4 aliphatic heterocycles. The largest absolute Gasteiger partial charge is 0.449 e. The number of nitrogens with zero attached hydrogens (tertiary/aromatic N) is 2. The summed E-state index contributed by atoms with van der Waals surface area (Å²) >= 11 is 1.57. The van der Waals surface area contributed by atoms with Crippen LogP contribution in [0.4, 0.5) is 4.79 Å². The SMILES string of the molecule is O=C(NC1=C(c2ccccc2)N=CSC1)OCC12CCN(CC1)CC2. The van der Waals surface area contributed by atoms with Crippen molar-refractivity contribution in [2.45, 2.75) is 19.3 Å². The summed E-state index contributed by atoms with van der Waals surface area (Å²) in [5, 5.41) is 2.93. The average Bonchev–Trinajstić information content (AvgIpc) is 2.69. The van der Waals surface area contributed by atoms with Gasteiger partial charge in [-0.1, -0.05) is 30.3 Å². The monoisotopic (exact) mass is 357 g/mol. The molecule has 0 aliphatic carbocycles. The average molecular weight is 357 g/mol. The maximum atomic E-state index is 12.4. The van der Waals surface area contributed by atoms with E-state index in [-0.39, 0.29) is 11.5 Å². The Hall–Kier alpha value is -1.79. The van der Waals surface area contributed by atoms with Gasteiger partial charge >= 0.3 is 6.09 Å². The van der Waals surface area contributed by atoms with E-state index in [1.165, 1.54) is 0 Å². The van der Waals surface area contributed by atoms with Crippen molar-refractivity contribution in [3.05, 3.63) is 41.6 Å². The van der Waals surface area contributed by atoms with Crippen molar-refractivity contribution >= 4 is 29.1 Å². The second-order valence-electron chi connectivity index (χ2n) is 7.03. The van der Waals surface area contributed by atoms with Crippen molar-refractivity contribution in [1.82, 2.24) is 10.2 Å². The molecule has 0 saturated carbocycles. The molecule has 0 aromatic heterocycles. The number of carbonyl (C=O) groups excluding carboxylic acids is 1. The number of carbonyl (C=O) groups is 1. The number of fused-ring (bicyclic) bond motifs is 3. The molecule has 3 fully saturated rings. The molecule has 4 aliphatic rings. The predicted molar refractivity (Wildman–Crippen MR) is 102 cm³/mol. The molecule has 1 aromatic rings. The molecule has 5 nitrogen and oxygen atoms in total. The van der Waals surface area contributed by atoms with Gasteiger partial charge in [0.2, 0.25) is 0 Å². The van der Waals surface area contributed by atoms with Gasteiger partial charge in [-0.3, -0.25) is 5.32 Å². The molecule has 0 unspecified atom stereocenters. The van der Waals surface area contributed by atoms with Crippen molar-refractivity contribution in [1.29, 1.82) is 0 Å². The lowest BCUT2D eigenvalue weighted by Crippen LogP contribution is -2.50. The Morgan fingerprint density at radius 1 is 1.20 bits per heavy atom. The van der Waals surface area contributed by atoms with Gasteiger partial charge in [0, 0.05) is 16.7 Å². The fourth-order valence-electron chi connectivity index (χ4n) is 3.79. The molecular weight excluding hydrogens is 334 g/mol. The van der Waals surface area contributed by atoms with E-state index < -0.39 is 0 Å². The van der Waals surface area contributed by atoms with Crippen LogP contribution in [0.5, 0.6) is 0 Å². The molecule has 1 aromatic carbocycles. The Morgan fingerprint density at radius 2 is 1.92 bits per heavy atom. The molecule has 4 heterocycles. The molecule has 2 bridgehead atoms. The van der Waals surface area contributed by atoms with E-state index in [9.17, 15) is 4.79 Å². The van der Waals surface area contributed by atoms with Gasteiger partial charge in [-0.2, -0.15) is 0 Å². The van der Waals surface area contributed by atoms with Crippen molar-refractivity contribution in [2.75, 3.05) is 32.0 Å². The van der Waals surface area contributed by atoms with Crippen molar-refractivity contribution in [2.24, 2.45) is 10.4 Å². The highest BCUT2D eigenvalue weighted by atomic mass is 32.2. The van der Waals surface area contributed by atoms with Crippen LogP contribution in [0.25, 0.3) is 5.70 Å². The second kappa shape index (κ2) is 7.22. The summed E-state index contributed by atoms with van der Waals surface area (Å²) in [6.45, 7) is 3.94. The number of nitrogens with one attached hydrogen (secondary N) is 1. The lowest BCUT2D eigenvalue weighted by atomic mass is 9.73. The summed E-state index contributed by atoms with van der Waals surface area (Å²) in [5.74, 6) is 0.697. The summed E-state index contributed by atoms with van der Waals surface area (Å²) in [5.41, 5.74) is 4.67. The Balaban J connectivity index is 1.41. The van der Waals surface area contributed by atoms with Crippen LogP contribution in [0, 0.1) is 5.41 Å². The number of amides is 1. The second-order valence-corrected chi connectivity index (χ2v) is 7.86. The number of aliphatic imine (C=N–C) groups is 1. The van der Waals surface area contributed by atoms with Crippen molar-refractivity contribution in [3.63, 3.8) is 0 Å². The summed E-state index contributed by atoms with van der Waals surface area (Å²) in [6, 6.07) is 9.94. The number of ether oxygens (including phenoxy) is 1. The van der Waals surface area contributed by atoms with Crippen molar-refractivity contribution < 1.29 is 9.53 Å². The van der Waals surface area contributed by atoms with Crippen LogP contribution in [0.1, 0.15) is 24.8 Å². The normalized spacial score (nSPS) is 28.1. The van der Waals surface area contributed by atoms with Crippen LogP contribution in [-0.4, -0.2) is 48.5 Å². The number of piperidine rings is 3. The van der Waals surface area contributed by atoms with E-state index >= 15 is 0 Å². The van der Waals surface area contributed by atoms with Gasteiger partial charge < -0.3 is 9.64 Å². The standard InChI is InChI=1S/C19H23N3O2S/c23-18(24-13-19-6-9-22(10-7-19)11-8-19)21-16-12-25-14-20-17(16)15-4-2-1-3-5-15/h1-5,14H,6-13H2,(H,21,23). The molecule has 0 spiro atoms. The van der Waals surface area contributed by atoms with E-state index in [4.69, 9.17) is 4.74 Å². The lowest BCUT2D eigenvalue weighted by Gasteiger charge is -2.47. The third-order valence-electron chi connectivity index (χ3n) is 5.45. The molecule has 25 heavy (non-hydrogen) atoms. The third-order valence-corrected chi connectivity index (χ3v) is 6.16. The van der Waals surface area contributed by atoms with Crippen LogP contribution in [0.15, 0.2) is 41.0 Å². The molecule has 1 amide bonds.